The summed E-state index contributed by atoms with van der Waals surface area (Å²) >= 11 is 6.34. The number of hydrogen-bond donors (Lipinski definition) is 3. The molecule has 0 saturated carbocycles. The van der Waals surface area contributed by atoms with E-state index in [1.807, 2.05) is 31.2 Å². The quantitative estimate of drug-likeness (QED) is 0.316. The van der Waals surface area contributed by atoms with Crippen LogP contribution in [0.2, 0.25) is 0 Å². The van der Waals surface area contributed by atoms with Crippen molar-refractivity contribution in [3.63, 3.8) is 0 Å². The van der Waals surface area contributed by atoms with Gasteiger partial charge in [-0.15, -0.1) is 0 Å². The molecule has 0 radical (unpaired) electrons. The normalized spacial score (nSPS) is 11.6. The number of halogens is 1. The second-order valence-electron chi connectivity index (χ2n) is 7.80. The highest BCUT2D eigenvalue weighted by Gasteiger charge is 2.16. The van der Waals surface area contributed by atoms with E-state index >= 15 is 0 Å². The van der Waals surface area contributed by atoms with Gasteiger partial charge >= 0.3 is 0 Å². The summed E-state index contributed by atoms with van der Waals surface area (Å²) < 4.78 is 17.0. The highest BCUT2D eigenvalue weighted by atomic mass is 32.2. The molecule has 3 N–H and O–H groups in total. The van der Waals surface area contributed by atoms with Gasteiger partial charge in [0.15, 0.2) is 3.95 Å². The number of nitrogens with one attached hydrogen (secondary N) is 3. The van der Waals surface area contributed by atoms with Crippen molar-refractivity contribution in [2.45, 2.75) is 26.4 Å². The lowest BCUT2D eigenvalue weighted by molar-refractivity contribution is 0.0934. The van der Waals surface area contributed by atoms with Crippen LogP contribution in [0.25, 0.3) is 11.4 Å². The van der Waals surface area contributed by atoms with Crippen molar-refractivity contribution in [1.29, 1.82) is 0 Å². The molecule has 0 fully saturated rings. The zero-order chi connectivity index (χ0) is 24.9. The Morgan fingerprint density at radius 3 is 2.46 bits per heavy atom. The lowest BCUT2D eigenvalue weighted by atomic mass is 10.1. The predicted molar refractivity (Wildman–Crippen MR) is 133 cm³/mol. The first kappa shape index (κ1) is 24.3. The van der Waals surface area contributed by atoms with Gasteiger partial charge in [-0.2, -0.15) is 0 Å². The minimum atomic E-state index is -0.465. The highest BCUT2D eigenvalue weighted by molar-refractivity contribution is 7.73. The van der Waals surface area contributed by atoms with E-state index < -0.39 is 11.8 Å². The van der Waals surface area contributed by atoms with Gasteiger partial charge in [0.1, 0.15) is 29.4 Å². The Balaban J connectivity index is 1.38. The van der Waals surface area contributed by atoms with Gasteiger partial charge in [0, 0.05) is 18.2 Å². The number of nitrogens with zero attached hydrogens (tertiary/aromatic N) is 3. The molecular formula is C24H21FN6O2S2. The van der Waals surface area contributed by atoms with E-state index in [9.17, 15) is 14.0 Å². The van der Waals surface area contributed by atoms with Gasteiger partial charge < -0.3 is 10.6 Å². The van der Waals surface area contributed by atoms with Crippen molar-refractivity contribution in [3.8, 4) is 11.4 Å². The SMILES string of the molecule is Cc1cc(CNC(=O)c2cc(C(=O)N[C@@H](C)c3ccc(-c4nc(=S)s[nH]4)cc3)ncn2)ccc1F. The summed E-state index contributed by atoms with van der Waals surface area (Å²) in [5.74, 6) is -0.505. The summed E-state index contributed by atoms with van der Waals surface area (Å²) in [6.45, 7) is 3.70. The molecule has 0 aliphatic carbocycles. The van der Waals surface area contributed by atoms with E-state index in [1.165, 1.54) is 30.0 Å². The van der Waals surface area contributed by atoms with Gasteiger partial charge in [-0.1, -0.05) is 36.4 Å². The molecule has 11 heteroatoms. The number of benzene rings is 2. The molecular weight excluding hydrogens is 487 g/mol. The minimum Gasteiger partial charge on any atom is -0.347 e. The number of H-pyrrole nitrogens is 1. The lowest BCUT2D eigenvalue weighted by Crippen LogP contribution is -2.29. The van der Waals surface area contributed by atoms with E-state index in [2.05, 4.69) is 30.0 Å². The smallest absolute Gasteiger partial charge is 0.270 e. The molecule has 0 bridgehead atoms. The molecule has 0 spiro atoms. The molecule has 4 aromatic rings. The van der Waals surface area contributed by atoms with Crippen LogP contribution in [0.4, 0.5) is 4.39 Å². The number of aromatic amines is 1. The topological polar surface area (TPSA) is 113 Å². The van der Waals surface area contributed by atoms with Crippen molar-refractivity contribution >= 4 is 35.6 Å². The number of hydrogen-bond acceptors (Lipinski definition) is 7. The summed E-state index contributed by atoms with van der Waals surface area (Å²) in [6, 6.07) is 13.2. The van der Waals surface area contributed by atoms with Gasteiger partial charge in [-0.3, -0.25) is 14.0 Å². The van der Waals surface area contributed by atoms with Crippen LogP contribution in [0.15, 0.2) is 54.9 Å². The lowest BCUT2D eigenvalue weighted by Gasteiger charge is -2.14. The summed E-state index contributed by atoms with van der Waals surface area (Å²) in [7, 11) is 0. The van der Waals surface area contributed by atoms with E-state index in [-0.39, 0.29) is 29.8 Å². The van der Waals surface area contributed by atoms with Crippen LogP contribution >= 0.6 is 23.8 Å². The maximum atomic E-state index is 13.4. The van der Waals surface area contributed by atoms with Gasteiger partial charge in [0.2, 0.25) is 0 Å². The van der Waals surface area contributed by atoms with Crippen LogP contribution in [0.3, 0.4) is 0 Å². The molecule has 1 atom stereocenters. The summed E-state index contributed by atoms with van der Waals surface area (Å²) in [5.41, 5.74) is 3.15. The Bertz CT molecular complexity index is 1430. The molecule has 2 aromatic heterocycles. The van der Waals surface area contributed by atoms with Gasteiger partial charge in [0.05, 0.1) is 6.04 Å². The Hall–Kier alpha value is -3.83. The van der Waals surface area contributed by atoms with Crippen molar-refractivity contribution < 1.29 is 14.0 Å². The molecule has 0 aliphatic heterocycles. The average molecular weight is 509 g/mol. The first-order valence-corrected chi connectivity index (χ1v) is 11.8. The molecule has 4 rings (SSSR count). The monoisotopic (exact) mass is 508 g/mol. The van der Waals surface area contributed by atoms with Gasteiger partial charge in [0.25, 0.3) is 11.8 Å². The van der Waals surface area contributed by atoms with Gasteiger partial charge in [-0.25, -0.2) is 19.3 Å². The summed E-state index contributed by atoms with van der Waals surface area (Å²) in [5, 5.41) is 5.59. The first-order valence-electron chi connectivity index (χ1n) is 10.6. The number of carbonyl (C=O) groups excluding carboxylic acids is 2. The van der Waals surface area contributed by atoms with Crippen LogP contribution in [0.1, 0.15) is 50.6 Å². The minimum absolute atomic E-state index is 0.0570. The van der Waals surface area contributed by atoms with Crippen molar-refractivity contribution in [1.82, 2.24) is 30.0 Å². The maximum Gasteiger partial charge on any atom is 0.270 e. The van der Waals surface area contributed by atoms with Crippen LogP contribution in [0, 0.1) is 16.7 Å². The zero-order valence-electron chi connectivity index (χ0n) is 18.8. The predicted octanol–water partition coefficient (Wildman–Crippen LogP) is 4.53. The average Bonchev–Trinajstić information content (AvgIpc) is 3.31. The standard InChI is InChI=1S/C24H21FN6O2S2/c1-13-9-15(3-8-18(13)25)11-26-22(32)19-10-20(28-12-27-19)23(33)29-14(2)16-4-6-17(7-5-16)21-30-24(34)35-31-21/h3-10,12,14H,11H2,1-2H3,(H,26,32)(H,29,33)(H,30,31,34)/t14-/m0/s1. The summed E-state index contributed by atoms with van der Waals surface area (Å²) in [4.78, 5) is 37.5. The number of rotatable bonds is 7. The highest BCUT2D eigenvalue weighted by Crippen LogP contribution is 2.20. The Morgan fingerprint density at radius 2 is 1.80 bits per heavy atom. The number of amides is 2. The van der Waals surface area contributed by atoms with Gasteiger partial charge in [-0.05, 0) is 60.4 Å². The van der Waals surface area contributed by atoms with Crippen LogP contribution in [0.5, 0.6) is 0 Å². The largest absolute Gasteiger partial charge is 0.347 e. The van der Waals surface area contributed by atoms with E-state index in [4.69, 9.17) is 12.2 Å². The molecule has 0 saturated heterocycles. The van der Waals surface area contributed by atoms with Crippen molar-refractivity contribution in [2.24, 2.45) is 0 Å². The number of aryl methyl sites for hydroxylation is 1. The van der Waals surface area contributed by atoms with E-state index in [1.54, 1.807) is 19.1 Å². The second kappa shape index (κ2) is 10.6. The molecule has 2 amide bonds. The Morgan fingerprint density at radius 1 is 1.09 bits per heavy atom. The molecule has 2 aromatic carbocycles. The fraction of sp³-hybridized carbons (Fsp3) is 0.167. The zero-order valence-corrected chi connectivity index (χ0v) is 20.5. The van der Waals surface area contributed by atoms with Crippen LogP contribution < -0.4 is 10.6 Å². The van der Waals surface area contributed by atoms with Crippen LogP contribution in [-0.4, -0.2) is 31.1 Å². The van der Waals surface area contributed by atoms with Crippen molar-refractivity contribution in [2.75, 3.05) is 0 Å². The number of aromatic nitrogens is 4. The first-order chi connectivity index (χ1) is 16.8. The Kier molecular flexibility index (Phi) is 7.37. The molecule has 2 heterocycles. The molecule has 178 valence electrons. The molecule has 0 aliphatic rings. The Labute approximate surface area is 209 Å². The third-order valence-corrected chi connectivity index (χ3v) is 6.18. The van der Waals surface area contributed by atoms with E-state index in [0.717, 1.165) is 16.7 Å². The van der Waals surface area contributed by atoms with Crippen LogP contribution in [-0.2, 0) is 6.54 Å². The fourth-order valence-electron chi connectivity index (χ4n) is 3.33. The second-order valence-corrected chi connectivity index (χ2v) is 9.24. The van der Waals surface area contributed by atoms with E-state index in [0.29, 0.717) is 15.3 Å². The third kappa shape index (κ3) is 6.00. The molecule has 35 heavy (non-hydrogen) atoms. The fourth-order valence-corrected chi connectivity index (χ4v) is 4.03. The third-order valence-electron chi connectivity index (χ3n) is 5.28. The maximum absolute atomic E-state index is 13.4. The molecule has 8 nitrogen and oxygen atoms in total. The molecule has 0 unspecified atom stereocenters. The van der Waals surface area contributed by atoms with Crippen molar-refractivity contribution in [3.05, 3.63) is 92.7 Å². The number of carbonyl (C=O) groups is 2. The summed E-state index contributed by atoms with van der Waals surface area (Å²) in [6.07, 6.45) is 1.17.